The second kappa shape index (κ2) is 8.29. The van der Waals surface area contributed by atoms with Crippen LogP contribution in [0.25, 0.3) is 0 Å². The average molecular weight is 406 g/mol. The van der Waals surface area contributed by atoms with Crippen LogP contribution < -0.4 is 5.32 Å². The maximum Gasteiger partial charge on any atom is 0.254 e. The fourth-order valence-electron chi connectivity index (χ4n) is 3.16. The van der Waals surface area contributed by atoms with Crippen molar-refractivity contribution in [1.29, 1.82) is 0 Å². The largest absolute Gasteiger partial charge is 0.363 e. The summed E-state index contributed by atoms with van der Waals surface area (Å²) in [6, 6.07) is 8.92. The Bertz CT molecular complexity index is 727. The van der Waals surface area contributed by atoms with Crippen LogP contribution >= 0.6 is 15.9 Å². The van der Waals surface area contributed by atoms with Crippen molar-refractivity contribution in [2.75, 3.05) is 11.9 Å². The van der Waals surface area contributed by atoms with Crippen LogP contribution in [0.3, 0.4) is 0 Å². The first-order chi connectivity index (χ1) is 12.1. The van der Waals surface area contributed by atoms with Crippen LogP contribution in [-0.4, -0.2) is 34.5 Å². The van der Waals surface area contributed by atoms with E-state index in [1.807, 2.05) is 12.1 Å². The normalized spacial score (nSPS) is 14.9. The summed E-state index contributed by atoms with van der Waals surface area (Å²) in [7, 11) is 0. The Labute approximate surface area is 154 Å². The number of hydrogen-bond acceptors (Lipinski definition) is 4. The first kappa shape index (κ1) is 17.7. The lowest BCUT2D eigenvalue weighted by atomic mass is 9.93. The fraction of sp³-hybridized carbons (Fsp3) is 0.389. The first-order valence-electron chi connectivity index (χ1n) is 8.40. The van der Waals surface area contributed by atoms with Crippen molar-refractivity contribution >= 4 is 33.6 Å². The van der Waals surface area contributed by atoms with Crippen molar-refractivity contribution in [3.8, 4) is 0 Å². The number of carbonyl (C=O) groups excluding carboxylic acids is 2. The molecular formula is C18H20BrN3O3. The Morgan fingerprint density at radius 2 is 2.04 bits per heavy atom. The van der Waals surface area contributed by atoms with Crippen LogP contribution in [0.5, 0.6) is 0 Å². The van der Waals surface area contributed by atoms with Gasteiger partial charge in [0.1, 0.15) is 12.8 Å². The highest BCUT2D eigenvalue weighted by atomic mass is 79.9. The first-order valence-corrected chi connectivity index (χ1v) is 9.19. The summed E-state index contributed by atoms with van der Waals surface area (Å²) >= 11 is 3.40. The van der Waals surface area contributed by atoms with Gasteiger partial charge < -0.3 is 14.7 Å². The Morgan fingerprint density at radius 1 is 1.24 bits per heavy atom. The molecule has 0 aliphatic heterocycles. The summed E-state index contributed by atoms with van der Waals surface area (Å²) in [5, 5.41) is 6.34. The fourth-order valence-corrected chi connectivity index (χ4v) is 3.56. The van der Waals surface area contributed by atoms with Crippen LogP contribution in [0.2, 0.25) is 0 Å². The average Bonchev–Trinajstić information content (AvgIpc) is 3.13. The van der Waals surface area contributed by atoms with E-state index in [1.54, 1.807) is 23.1 Å². The summed E-state index contributed by atoms with van der Waals surface area (Å²) in [5.41, 5.74) is 0.578. The van der Waals surface area contributed by atoms with E-state index in [2.05, 4.69) is 26.4 Å². The predicted molar refractivity (Wildman–Crippen MR) is 97.2 cm³/mol. The predicted octanol–water partition coefficient (Wildman–Crippen LogP) is 3.85. The third kappa shape index (κ3) is 4.69. The van der Waals surface area contributed by atoms with Gasteiger partial charge in [-0.15, -0.1) is 0 Å². The third-order valence-corrected chi connectivity index (χ3v) is 4.86. The Balaban J connectivity index is 1.76. The maximum absolute atomic E-state index is 13.0. The third-order valence-electron chi connectivity index (χ3n) is 4.37. The molecule has 1 aromatic carbocycles. The molecule has 1 aromatic heterocycles. The van der Waals surface area contributed by atoms with E-state index in [9.17, 15) is 9.59 Å². The molecule has 0 unspecified atom stereocenters. The number of rotatable bonds is 5. The molecule has 1 saturated carbocycles. The van der Waals surface area contributed by atoms with Crippen molar-refractivity contribution in [2.24, 2.45) is 0 Å². The van der Waals surface area contributed by atoms with E-state index in [-0.39, 0.29) is 24.4 Å². The van der Waals surface area contributed by atoms with E-state index in [1.165, 1.54) is 12.7 Å². The molecule has 132 valence electrons. The number of halogens is 1. The summed E-state index contributed by atoms with van der Waals surface area (Å²) in [4.78, 5) is 27.1. The lowest BCUT2D eigenvalue weighted by Crippen LogP contribution is -2.45. The van der Waals surface area contributed by atoms with Gasteiger partial charge in [0.05, 0.1) is 0 Å². The molecule has 0 radical (unpaired) electrons. The molecule has 1 N–H and O–H groups in total. The molecule has 6 nitrogen and oxygen atoms in total. The van der Waals surface area contributed by atoms with Gasteiger partial charge in [-0.25, -0.2) is 0 Å². The van der Waals surface area contributed by atoms with Gasteiger partial charge in [-0.05, 0) is 31.0 Å². The van der Waals surface area contributed by atoms with Gasteiger partial charge in [0, 0.05) is 22.1 Å². The quantitative estimate of drug-likeness (QED) is 0.819. The summed E-state index contributed by atoms with van der Waals surface area (Å²) in [6.07, 6.45) is 6.59. The molecule has 3 rings (SSSR count). The van der Waals surface area contributed by atoms with E-state index < -0.39 is 0 Å². The molecule has 2 aromatic rings. The van der Waals surface area contributed by atoms with Crippen LogP contribution in [-0.2, 0) is 4.79 Å². The number of hydrogen-bond donors (Lipinski definition) is 1. The molecular weight excluding hydrogens is 386 g/mol. The number of anilines is 1. The second-order valence-electron chi connectivity index (χ2n) is 6.17. The highest BCUT2D eigenvalue weighted by molar-refractivity contribution is 9.10. The molecule has 7 heteroatoms. The highest BCUT2D eigenvalue weighted by Crippen LogP contribution is 2.25. The molecule has 0 saturated heterocycles. The van der Waals surface area contributed by atoms with Crippen LogP contribution in [0, 0.1) is 0 Å². The Kier molecular flexibility index (Phi) is 5.86. The summed E-state index contributed by atoms with van der Waals surface area (Å²) in [5.74, 6) is -0.0465. The molecule has 25 heavy (non-hydrogen) atoms. The summed E-state index contributed by atoms with van der Waals surface area (Å²) < 4.78 is 5.56. The zero-order chi connectivity index (χ0) is 17.6. The van der Waals surface area contributed by atoms with Crippen molar-refractivity contribution in [3.63, 3.8) is 0 Å². The topological polar surface area (TPSA) is 75.4 Å². The molecule has 0 atom stereocenters. The van der Waals surface area contributed by atoms with Crippen molar-refractivity contribution in [1.82, 2.24) is 10.1 Å². The van der Waals surface area contributed by atoms with Crippen molar-refractivity contribution < 1.29 is 14.1 Å². The smallest absolute Gasteiger partial charge is 0.254 e. The number of amides is 2. The lowest BCUT2D eigenvalue weighted by Gasteiger charge is -2.34. The van der Waals surface area contributed by atoms with Crippen LogP contribution in [0.15, 0.2) is 45.6 Å². The van der Waals surface area contributed by atoms with E-state index in [4.69, 9.17) is 4.52 Å². The number of aromatic nitrogens is 1. The molecule has 1 heterocycles. The lowest BCUT2D eigenvalue weighted by molar-refractivity contribution is -0.117. The second-order valence-corrected chi connectivity index (χ2v) is 7.08. The zero-order valence-corrected chi connectivity index (χ0v) is 15.4. The minimum Gasteiger partial charge on any atom is -0.363 e. The molecule has 0 spiro atoms. The van der Waals surface area contributed by atoms with E-state index in [0.29, 0.717) is 11.4 Å². The van der Waals surface area contributed by atoms with Crippen LogP contribution in [0.1, 0.15) is 42.5 Å². The monoisotopic (exact) mass is 405 g/mol. The molecule has 1 fully saturated rings. The highest BCUT2D eigenvalue weighted by Gasteiger charge is 2.28. The molecule has 1 aliphatic carbocycles. The van der Waals surface area contributed by atoms with Gasteiger partial charge in [0.25, 0.3) is 5.91 Å². The SMILES string of the molecule is O=C(CN(C(=O)c1cccc(Br)c1)C1CCCCC1)Nc1ccon1. The molecule has 0 bridgehead atoms. The van der Waals surface area contributed by atoms with E-state index in [0.717, 1.165) is 30.2 Å². The van der Waals surface area contributed by atoms with Gasteiger partial charge in [-0.3, -0.25) is 9.59 Å². The summed E-state index contributed by atoms with van der Waals surface area (Å²) in [6.45, 7) is 0.00285. The van der Waals surface area contributed by atoms with Gasteiger partial charge in [-0.1, -0.05) is 46.4 Å². The van der Waals surface area contributed by atoms with Gasteiger partial charge in [0.2, 0.25) is 5.91 Å². The standard InChI is InChI=1S/C18H20BrN3O3/c19-14-6-4-5-13(11-14)18(24)22(15-7-2-1-3-8-15)12-17(23)20-16-9-10-25-21-16/h4-6,9-11,15H,1-3,7-8,12H2,(H,20,21,23). The molecule has 2 amide bonds. The minimum atomic E-state index is -0.275. The minimum absolute atomic E-state index is 0.00285. The number of carbonyl (C=O) groups is 2. The maximum atomic E-state index is 13.0. The molecule has 1 aliphatic rings. The van der Waals surface area contributed by atoms with Gasteiger partial charge in [-0.2, -0.15) is 0 Å². The number of benzene rings is 1. The zero-order valence-electron chi connectivity index (χ0n) is 13.8. The van der Waals surface area contributed by atoms with Crippen molar-refractivity contribution in [3.05, 3.63) is 46.6 Å². The van der Waals surface area contributed by atoms with Gasteiger partial charge >= 0.3 is 0 Å². The Morgan fingerprint density at radius 3 is 2.72 bits per heavy atom. The van der Waals surface area contributed by atoms with Gasteiger partial charge in [0.15, 0.2) is 5.82 Å². The van der Waals surface area contributed by atoms with E-state index >= 15 is 0 Å². The van der Waals surface area contributed by atoms with Crippen molar-refractivity contribution in [2.45, 2.75) is 38.1 Å². The number of nitrogens with one attached hydrogen (secondary N) is 1. The number of nitrogens with zero attached hydrogens (tertiary/aromatic N) is 2. The Hall–Kier alpha value is -2.15. The van der Waals surface area contributed by atoms with Crippen LogP contribution in [0.4, 0.5) is 5.82 Å².